The average Bonchev–Trinajstić information content (AvgIpc) is 2.56. The Morgan fingerprint density at radius 2 is 1.62 bits per heavy atom. The fourth-order valence-corrected chi connectivity index (χ4v) is 7.81. The van der Waals surface area contributed by atoms with E-state index in [1.165, 1.54) is 23.4 Å². The fraction of sp³-hybridized carbons (Fsp3) is 0.524. The summed E-state index contributed by atoms with van der Waals surface area (Å²) < 4.78 is 10.8. The molecule has 142 valence electrons. The van der Waals surface area contributed by atoms with E-state index >= 15 is 0 Å². The van der Waals surface area contributed by atoms with Gasteiger partial charge in [0.25, 0.3) is 0 Å². The van der Waals surface area contributed by atoms with E-state index in [0.717, 1.165) is 6.42 Å². The summed E-state index contributed by atoms with van der Waals surface area (Å²) in [6, 6.07) is 8.62. The first kappa shape index (κ1) is 22.6. The van der Waals surface area contributed by atoms with Crippen LogP contribution in [0.5, 0.6) is 0 Å². The second kappa shape index (κ2) is 9.45. The van der Waals surface area contributed by atoms with Gasteiger partial charge in [-0.2, -0.15) is 0 Å². The molecule has 0 aliphatic carbocycles. The average molecular weight is 465 g/mol. The molecule has 1 rings (SSSR count). The van der Waals surface area contributed by atoms with Crippen LogP contribution in [-0.4, -0.2) is 44.5 Å². The van der Waals surface area contributed by atoms with Gasteiger partial charge < -0.3 is 0 Å². The molecule has 0 heterocycles. The molecule has 0 aromatic heterocycles. The molecule has 0 atom stereocenters. The predicted octanol–water partition coefficient (Wildman–Crippen LogP) is 3.16. The van der Waals surface area contributed by atoms with Crippen molar-refractivity contribution < 1.29 is 19.1 Å². The van der Waals surface area contributed by atoms with E-state index in [9.17, 15) is 9.59 Å². The zero-order valence-corrected chi connectivity index (χ0v) is 19.8. The molecule has 0 aliphatic rings. The van der Waals surface area contributed by atoms with Crippen LogP contribution in [0.15, 0.2) is 24.3 Å². The maximum atomic E-state index is 11.7. The predicted molar refractivity (Wildman–Crippen MR) is 107 cm³/mol. The van der Waals surface area contributed by atoms with Crippen LogP contribution in [0.1, 0.15) is 25.8 Å². The second-order valence-electron chi connectivity index (χ2n) is 8.07. The van der Waals surface area contributed by atoms with Crippen molar-refractivity contribution in [3.05, 3.63) is 29.8 Å². The Balaban J connectivity index is 2.96. The molecule has 0 fully saturated rings. The van der Waals surface area contributed by atoms with Gasteiger partial charge in [-0.1, -0.05) is 0 Å². The van der Waals surface area contributed by atoms with Crippen molar-refractivity contribution in [3.63, 3.8) is 0 Å². The zero-order valence-electron chi connectivity index (χ0n) is 16.9. The zero-order chi connectivity index (χ0) is 20.0. The van der Waals surface area contributed by atoms with E-state index in [4.69, 9.17) is 0 Å². The van der Waals surface area contributed by atoms with E-state index in [0.29, 0.717) is 0 Å². The van der Waals surface area contributed by atoms with Crippen molar-refractivity contribution in [2.45, 2.75) is 41.5 Å². The molecule has 0 radical (unpaired) electrons. The van der Waals surface area contributed by atoms with Crippen LogP contribution in [-0.2, 0) is 25.5 Å². The Morgan fingerprint density at radius 3 is 2.12 bits per heavy atom. The number of rotatable bonds is 6. The molecule has 0 aliphatic heterocycles. The third-order valence-electron chi connectivity index (χ3n) is 4.16. The van der Waals surface area contributed by atoms with Crippen molar-refractivity contribution in [1.29, 1.82) is 0 Å². The summed E-state index contributed by atoms with van der Waals surface area (Å²) in [4.78, 5) is 30.7. The van der Waals surface area contributed by atoms with Gasteiger partial charge in [-0.3, -0.25) is 0 Å². The van der Waals surface area contributed by atoms with Crippen molar-refractivity contribution in [2.24, 2.45) is 11.3 Å². The summed E-state index contributed by atoms with van der Waals surface area (Å²) in [5.41, 5.74) is 1.09. The van der Waals surface area contributed by atoms with Crippen molar-refractivity contribution in [3.8, 4) is 11.8 Å². The van der Waals surface area contributed by atoms with Gasteiger partial charge in [0.1, 0.15) is 0 Å². The first-order valence-electron chi connectivity index (χ1n) is 8.76. The summed E-state index contributed by atoms with van der Waals surface area (Å²) in [5, 5.41) is 0. The van der Waals surface area contributed by atoms with E-state index < -0.39 is 36.2 Å². The molecule has 0 amide bonds. The molecule has 0 unspecified atom stereocenters. The SMILES string of the molecule is COC(=O)C(CC#CC(C)(C)Cc1cccc[c]1[Sn]([CH3])([CH3])[CH3])C(=O)OC. The van der Waals surface area contributed by atoms with Crippen LogP contribution in [0.4, 0.5) is 0 Å². The summed E-state index contributed by atoms with van der Waals surface area (Å²) in [5.74, 6) is 4.01. The van der Waals surface area contributed by atoms with Crippen molar-refractivity contribution in [1.82, 2.24) is 0 Å². The maximum absolute atomic E-state index is 11.7. The fourth-order valence-electron chi connectivity index (χ4n) is 2.87. The Morgan fingerprint density at radius 1 is 1.08 bits per heavy atom. The van der Waals surface area contributed by atoms with Crippen LogP contribution in [0.3, 0.4) is 0 Å². The molecule has 0 spiro atoms. The van der Waals surface area contributed by atoms with Crippen molar-refractivity contribution >= 4 is 33.9 Å². The van der Waals surface area contributed by atoms with Crippen LogP contribution in [0, 0.1) is 23.2 Å². The first-order valence-corrected chi connectivity index (χ1v) is 18.7. The van der Waals surface area contributed by atoms with Crippen LogP contribution < -0.4 is 3.58 Å². The van der Waals surface area contributed by atoms with E-state index in [2.05, 4.69) is 74.2 Å². The number of ether oxygens (including phenoxy) is 2. The molecule has 0 bridgehead atoms. The van der Waals surface area contributed by atoms with Crippen LogP contribution >= 0.6 is 0 Å². The van der Waals surface area contributed by atoms with Gasteiger partial charge >= 0.3 is 162 Å². The minimum atomic E-state index is -2.20. The molecule has 0 saturated carbocycles. The number of esters is 2. The molecule has 5 heteroatoms. The molecular formula is C21H30O4Sn. The summed E-state index contributed by atoms with van der Waals surface area (Å²) in [6.45, 7) is 4.17. The molecule has 0 saturated heterocycles. The normalized spacial score (nSPS) is 11.5. The van der Waals surface area contributed by atoms with Gasteiger partial charge in [-0.15, -0.1) is 0 Å². The number of hydrogen-bond donors (Lipinski definition) is 0. The van der Waals surface area contributed by atoms with Crippen molar-refractivity contribution in [2.75, 3.05) is 14.2 Å². The topological polar surface area (TPSA) is 52.6 Å². The molecule has 26 heavy (non-hydrogen) atoms. The number of carbonyl (C=O) groups is 2. The monoisotopic (exact) mass is 466 g/mol. The van der Waals surface area contributed by atoms with Gasteiger partial charge in [0.15, 0.2) is 0 Å². The second-order valence-corrected chi connectivity index (χ2v) is 22.5. The standard InChI is InChI=1S/C18H21O4.3CH3.Sn/c1-18(2,13-14-9-6-5-7-10-14)12-8-11-15(16(19)21-3)17(20)22-4;;;;/h5-7,9,15H,11,13H2,1-4H3;3*1H3;. The minimum absolute atomic E-state index is 0.100. The third-order valence-corrected chi connectivity index (χ3v) is 10.2. The van der Waals surface area contributed by atoms with Gasteiger partial charge in [-0.05, 0) is 0 Å². The van der Waals surface area contributed by atoms with E-state index in [1.807, 2.05) is 0 Å². The molecule has 4 nitrogen and oxygen atoms in total. The van der Waals surface area contributed by atoms with Gasteiger partial charge in [0.05, 0.1) is 0 Å². The summed E-state index contributed by atoms with van der Waals surface area (Å²) in [7, 11) is 2.51. The molecule has 1 aromatic carbocycles. The Bertz CT molecular complexity index is 689. The third kappa shape index (κ3) is 6.68. The number of methoxy groups -OCH3 is 2. The Hall–Kier alpha value is -1.48. The number of benzene rings is 1. The quantitative estimate of drug-likeness (QED) is 0.281. The molecular weight excluding hydrogens is 435 g/mol. The summed E-state index contributed by atoms with van der Waals surface area (Å²) >= 11 is -2.20. The van der Waals surface area contributed by atoms with Crippen LogP contribution in [0.2, 0.25) is 14.8 Å². The molecule has 0 N–H and O–H groups in total. The first-order chi connectivity index (χ1) is 12.0. The van der Waals surface area contributed by atoms with Gasteiger partial charge in [0, 0.05) is 0 Å². The number of hydrogen-bond acceptors (Lipinski definition) is 4. The van der Waals surface area contributed by atoms with Gasteiger partial charge in [0.2, 0.25) is 0 Å². The van der Waals surface area contributed by atoms with E-state index in [-0.39, 0.29) is 11.8 Å². The van der Waals surface area contributed by atoms with Gasteiger partial charge in [-0.25, -0.2) is 0 Å². The molecule has 1 aromatic rings. The van der Waals surface area contributed by atoms with E-state index in [1.54, 1.807) is 0 Å². The Labute approximate surface area is 161 Å². The Kier molecular flexibility index (Phi) is 8.20. The summed E-state index contributed by atoms with van der Waals surface area (Å²) in [6.07, 6.45) is 0.939. The van der Waals surface area contributed by atoms with Crippen LogP contribution in [0.25, 0.3) is 0 Å². The number of carbonyl (C=O) groups excluding carboxylic acids is 2.